The Balaban J connectivity index is 1.71. The first-order valence-corrected chi connectivity index (χ1v) is 9.03. The molecule has 0 aliphatic carbocycles. The van der Waals surface area contributed by atoms with E-state index in [1.807, 2.05) is 56.3 Å². The van der Waals surface area contributed by atoms with Crippen molar-refractivity contribution in [1.82, 2.24) is 5.43 Å². The summed E-state index contributed by atoms with van der Waals surface area (Å²) >= 11 is 7.70. The lowest BCUT2D eigenvalue weighted by Crippen LogP contribution is -2.16. The number of halogens is 1. The summed E-state index contributed by atoms with van der Waals surface area (Å²) in [7, 11) is 0. The molecule has 0 spiro atoms. The monoisotopic (exact) mass is 372 g/mol. The van der Waals surface area contributed by atoms with Gasteiger partial charge < -0.3 is 4.74 Å². The Hall–Kier alpha value is -2.37. The van der Waals surface area contributed by atoms with Gasteiger partial charge in [-0.2, -0.15) is 5.10 Å². The maximum Gasteiger partial charge on any atom is 0.283 e. The molecule has 0 radical (unpaired) electrons. The highest BCUT2D eigenvalue weighted by molar-refractivity contribution is 7.21. The van der Waals surface area contributed by atoms with E-state index in [-0.39, 0.29) is 5.91 Å². The summed E-state index contributed by atoms with van der Waals surface area (Å²) in [5.74, 6) is 0.488. The van der Waals surface area contributed by atoms with E-state index in [0.29, 0.717) is 16.5 Å². The maximum absolute atomic E-state index is 12.3. The molecule has 4 nitrogen and oxygen atoms in total. The highest BCUT2D eigenvalue weighted by atomic mass is 35.5. The number of thiophene rings is 1. The number of nitrogens with one attached hydrogen (secondary N) is 1. The Morgan fingerprint density at radius 3 is 2.76 bits per heavy atom. The van der Waals surface area contributed by atoms with Crippen LogP contribution < -0.4 is 10.2 Å². The van der Waals surface area contributed by atoms with Crippen molar-refractivity contribution in [3.63, 3.8) is 0 Å². The smallest absolute Gasteiger partial charge is 0.283 e. The van der Waals surface area contributed by atoms with Crippen molar-refractivity contribution >= 4 is 45.1 Å². The lowest BCUT2D eigenvalue weighted by Gasteiger charge is -2.02. The van der Waals surface area contributed by atoms with E-state index in [2.05, 4.69) is 10.5 Å². The minimum Gasteiger partial charge on any atom is -0.494 e. The van der Waals surface area contributed by atoms with Crippen LogP contribution in [0.4, 0.5) is 0 Å². The zero-order chi connectivity index (χ0) is 17.8. The Bertz CT molecular complexity index is 932. The summed E-state index contributed by atoms with van der Waals surface area (Å²) in [4.78, 5) is 12.8. The zero-order valence-corrected chi connectivity index (χ0v) is 15.4. The van der Waals surface area contributed by atoms with E-state index >= 15 is 0 Å². The molecular weight excluding hydrogens is 356 g/mol. The SMILES string of the molecule is CCOc1ccc(C=NNC(=O)c2sc3cc(C)ccc3c2Cl)cc1. The second kappa shape index (κ2) is 7.68. The number of hydrazone groups is 1. The Morgan fingerprint density at radius 2 is 2.04 bits per heavy atom. The van der Waals surface area contributed by atoms with Crippen molar-refractivity contribution in [1.29, 1.82) is 0 Å². The second-order valence-corrected chi connectivity index (χ2v) is 6.88. The van der Waals surface area contributed by atoms with Gasteiger partial charge in [0.2, 0.25) is 0 Å². The van der Waals surface area contributed by atoms with Crippen LogP contribution in [0, 0.1) is 6.92 Å². The molecule has 0 fully saturated rings. The summed E-state index contributed by atoms with van der Waals surface area (Å²) in [5, 5.41) is 5.36. The van der Waals surface area contributed by atoms with Gasteiger partial charge in [-0.1, -0.05) is 23.7 Å². The number of rotatable bonds is 5. The number of amides is 1. The fourth-order valence-corrected chi connectivity index (χ4v) is 3.86. The van der Waals surface area contributed by atoms with Crippen LogP contribution in [0.1, 0.15) is 27.7 Å². The first kappa shape index (κ1) is 17.5. The van der Waals surface area contributed by atoms with Crippen molar-refractivity contribution in [3.05, 3.63) is 63.5 Å². The molecule has 1 heterocycles. The fraction of sp³-hybridized carbons (Fsp3) is 0.158. The Morgan fingerprint density at radius 1 is 1.28 bits per heavy atom. The third kappa shape index (κ3) is 4.00. The summed E-state index contributed by atoms with van der Waals surface area (Å²) < 4.78 is 6.38. The van der Waals surface area contributed by atoms with Crippen LogP contribution in [0.3, 0.4) is 0 Å². The topological polar surface area (TPSA) is 50.7 Å². The number of ether oxygens (including phenoxy) is 1. The summed E-state index contributed by atoms with van der Waals surface area (Å²) in [6.45, 7) is 4.57. The molecule has 1 amide bonds. The van der Waals surface area contributed by atoms with Crippen LogP contribution in [0.25, 0.3) is 10.1 Å². The second-order valence-electron chi connectivity index (χ2n) is 5.45. The van der Waals surface area contributed by atoms with Gasteiger partial charge in [-0.25, -0.2) is 5.43 Å². The van der Waals surface area contributed by atoms with Crippen LogP contribution in [0.5, 0.6) is 5.75 Å². The van der Waals surface area contributed by atoms with Gasteiger partial charge in [-0.05, 0) is 55.3 Å². The summed E-state index contributed by atoms with van der Waals surface area (Å²) in [5.41, 5.74) is 4.52. The normalized spacial score (nSPS) is 11.2. The van der Waals surface area contributed by atoms with Crippen molar-refractivity contribution in [2.75, 3.05) is 6.61 Å². The predicted octanol–water partition coefficient (Wildman–Crippen LogP) is 5.03. The highest BCUT2D eigenvalue weighted by Gasteiger charge is 2.16. The minimum absolute atomic E-state index is 0.314. The van der Waals surface area contributed by atoms with E-state index in [0.717, 1.165) is 27.0 Å². The third-order valence-corrected chi connectivity index (χ3v) is 5.22. The lowest BCUT2D eigenvalue weighted by molar-refractivity contribution is 0.0959. The molecule has 0 saturated carbocycles. The molecule has 2 aromatic carbocycles. The average molecular weight is 373 g/mol. The molecule has 3 rings (SSSR count). The Kier molecular flexibility index (Phi) is 5.36. The van der Waals surface area contributed by atoms with Crippen molar-refractivity contribution in [2.24, 2.45) is 5.10 Å². The highest BCUT2D eigenvalue weighted by Crippen LogP contribution is 2.35. The number of carbonyl (C=O) groups is 1. The van der Waals surface area contributed by atoms with E-state index in [4.69, 9.17) is 16.3 Å². The molecule has 0 aliphatic rings. The largest absolute Gasteiger partial charge is 0.494 e. The number of benzene rings is 2. The molecule has 0 unspecified atom stereocenters. The van der Waals surface area contributed by atoms with Gasteiger partial charge in [0.05, 0.1) is 17.8 Å². The van der Waals surface area contributed by atoms with E-state index < -0.39 is 0 Å². The lowest BCUT2D eigenvalue weighted by atomic mass is 10.2. The number of carbonyl (C=O) groups excluding carboxylic acids is 1. The molecule has 6 heteroatoms. The van der Waals surface area contributed by atoms with Gasteiger partial charge in [0, 0.05) is 10.1 Å². The van der Waals surface area contributed by atoms with Crippen LogP contribution in [-0.2, 0) is 0 Å². The van der Waals surface area contributed by atoms with E-state index in [1.54, 1.807) is 6.21 Å². The molecule has 25 heavy (non-hydrogen) atoms. The number of fused-ring (bicyclic) bond motifs is 1. The number of hydrogen-bond acceptors (Lipinski definition) is 4. The van der Waals surface area contributed by atoms with Crippen LogP contribution in [0.15, 0.2) is 47.6 Å². The van der Waals surface area contributed by atoms with Crippen LogP contribution in [0.2, 0.25) is 5.02 Å². The van der Waals surface area contributed by atoms with Crippen LogP contribution >= 0.6 is 22.9 Å². The van der Waals surface area contributed by atoms with Gasteiger partial charge in [-0.3, -0.25) is 4.79 Å². The van der Waals surface area contributed by atoms with Crippen molar-refractivity contribution < 1.29 is 9.53 Å². The predicted molar refractivity (Wildman–Crippen MR) is 104 cm³/mol. The van der Waals surface area contributed by atoms with Gasteiger partial charge >= 0.3 is 0 Å². The molecule has 0 saturated heterocycles. The van der Waals surface area contributed by atoms with E-state index in [9.17, 15) is 4.79 Å². The minimum atomic E-state index is -0.314. The summed E-state index contributed by atoms with van der Waals surface area (Å²) in [6, 6.07) is 13.4. The molecule has 0 bridgehead atoms. The standard InChI is InChI=1S/C19H17ClN2O2S/c1-3-24-14-7-5-13(6-8-14)11-21-22-19(23)18-17(20)15-9-4-12(2)10-16(15)25-18/h4-11H,3H2,1-2H3,(H,22,23). The molecule has 128 valence electrons. The maximum atomic E-state index is 12.3. The third-order valence-electron chi connectivity index (χ3n) is 3.56. The molecule has 1 aromatic heterocycles. The number of aryl methyl sites for hydroxylation is 1. The van der Waals surface area contributed by atoms with Crippen molar-refractivity contribution in [2.45, 2.75) is 13.8 Å². The Labute approximate surface area is 155 Å². The number of nitrogens with zero attached hydrogens (tertiary/aromatic N) is 1. The molecule has 0 aliphatic heterocycles. The molecule has 0 atom stereocenters. The zero-order valence-electron chi connectivity index (χ0n) is 13.9. The van der Waals surface area contributed by atoms with Gasteiger partial charge in [-0.15, -0.1) is 11.3 Å². The van der Waals surface area contributed by atoms with Crippen LogP contribution in [-0.4, -0.2) is 18.7 Å². The first-order valence-electron chi connectivity index (χ1n) is 7.83. The molecule has 1 N–H and O–H groups in total. The average Bonchev–Trinajstić information content (AvgIpc) is 2.93. The van der Waals surface area contributed by atoms with E-state index in [1.165, 1.54) is 11.3 Å². The summed E-state index contributed by atoms with van der Waals surface area (Å²) in [6.07, 6.45) is 1.58. The van der Waals surface area contributed by atoms with Gasteiger partial charge in [0.25, 0.3) is 5.91 Å². The molecule has 3 aromatic rings. The first-order chi connectivity index (χ1) is 12.1. The number of hydrogen-bond donors (Lipinski definition) is 1. The fourth-order valence-electron chi connectivity index (χ4n) is 2.35. The van der Waals surface area contributed by atoms with Gasteiger partial charge in [0.1, 0.15) is 10.6 Å². The molecular formula is C19H17ClN2O2S. The quantitative estimate of drug-likeness (QED) is 0.504. The van der Waals surface area contributed by atoms with Crippen molar-refractivity contribution in [3.8, 4) is 5.75 Å². The van der Waals surface area contributed by atoms with Gasteiger partial charge in [0.15, 0.2) is 0 Å².